The highest BCUT2D eigenvalue weighted by Crippen LogP contribution is 2.17. The van der Waals surface area contributed by atoms with E-state index in [4.69, 9.17) is 4.74 Å². The summed E-state index contributed by atoms with van der Waals surface area (Å²) in [6, 6.07) is 9.69. The van der Waals surface area contributed by atoms with Gasteiger partial charge in [0.15, 0.2) is 0 Å². The van der Waals surface area contributed by atoms with Crippen molar-refractivity contribution < 1.29 is 4.74 Å². The van der Waals surface area contributed by atoms with Gasteiger partial charge in [-0.25, -0.2) is 0 Å². The maximum Gasteiger partial charge on any atom is 0.327 e. The number of ether oxygens (including phenoxy) is 1. The van der Waals surface area contributed by atoms with Crippen molar-refractivity contribution in [3.8, 4) is 11.8 Å². The van der Waals surface area contributed by atoms with Gasteiger partial charge < -0.3 is 10.1 Å². The van der Waals surface area contributed by atoms with Crippen molar-refractivity contribution in [2.45, 2.75) is 6.92 Å². The van der Waals surface area contributed by atoms with Crippen LogP contribution >= 0.6 is 0 Å². The second-order valence-electron chi connectivity index (χ2n) is 3.15. The molecule has 0 aliphatic carbocycles. The summed E-state index contributed by atoms with van der Waals surface area (Å²) in [5, 5.41) is 2.85. The Morgan fingerprint density at radius 3 is 2.50 bits per heavy atom. The molecular formula is C11H12N4O. The van der Waals surface area contributed by atoms with Gasteiger partial charge in [-0.3, -0.25) is 0 Å². The number of nitrogens with one attached hydrogen (secondary N) is 1. The zero-order chi connectivity index (χ0) is 11.4. The molecule has 0 aliphatic heterocycles. The minimum Gasteiger partial charge on any atom is -0.424 e. The summed E-state index contributed by atoms with van der Waals surface area (Å²) in [5.74, 6) is 1.82. The van der Waals surface area contributed by atoms with Crippen LogP contribution in [0, 0.1) is 6.92 Å². The molecule has 0 spiro atoms. The first-order valence-corrected chi connectivity index (χ1v) is 4.91. The van der Waals surface area contributed by atoms with Gasteiger partial charge in [-0.2, -0.15) is 15.0 Å². The van der Waals surface area contributed by atoms with Crippen LogP contribution in [0.3, 0.4) is 0 Å². The summed E-state index contributed by atoms with van der Waals surface area (Å²) in [5.41, 5.74) is 0. The molecule has 0 amide bonds. The lowest BCUT2D eigenvalue weighted by Crippen LogP contribution is -2.02. The highest BCUT2D eigenvalue weighted by atomic mass is 16.5. The number of para-hydroxylation sites is 1. The van der Waals surface area contributed by atoms with Crippen LogP contribution in [0.15, 0.2) is 30.3 Å². The van der Waals surface area contributed by atoms with Crippen LogP contribution in [0.2, 0.25) is 0 Å². The fourth-order valence-corrected chi connectivity index (χ4v) is 1.21. The molecule has 0 bridgehead atoms. The number of rotatable bonds is 3. The topological polar surface area (TPSA) is 59.9 Å². The van der Waals surface area contributed by atoms with Crippen LogP contribution in [0.4, 0.5) is 5.95 Å². The van der Waals surface area contributed by atoms with Crippen LogP contribution < -0.4 is 10.1 Å². The average molecular weight is 216 g/mol. The minimum atomic E-state index is 0.294. The van der Waals surface area contributed by atoms with E-state index in [1.54, 1.807) is 14.0 Å². The van der Waals surface area contributed by atoms with Crippen LogP contribution in [0.25, 0.3) is 0 Å². The molecular weight excluding hydrogens is 204 g/mol. The molecule has 0 saturated carbocycles. The number of anilines is 1. The highest BCUT2D eigenvalue weighted by Gasteiger charge is 2.04. The lowest BCUT2D eigenvalue weighted by atomic mass is 10.3. The van der Waals surface area contributed by atoms with Gasteiger partial charge in [0, 0.05) is 7.05 Å². The molecule has 16 heavy (non-hydrogen) atoms. The molecule has 1 aromatic carbocycles. The second-order valence-corrected chi connectivity index (χ2v) is 3.15. The predicted molar refractivity (Wildman–Crippen MR) is 60.6 cm³/mol. The number of benzene rings is 1. The zero-order valence-corrected chi connectivity index (χ0v) is 9.14. The molecule has 5 heteroatoms. The number of hydrogen-bond donors (Lipinski definition) is 1. The van der Waals surface area contributed by atoms with E-state index in [9.17, 15) is 0 Å². The zero-order valence-electron chi connectivity index (χ0n) is 9.14. The van der Waals surface area contributed by atoms with Crippen LogP contribution in [0.1, 0.15) is 5.82 Å². The molecule has 0 aliphatic rings. The van der Waals surface area contributed by atoms with E-state index >= 15 is 0 Å². The van der Waals surface area contributed by atoms with Crippen molar-refractivity contribution in [3.63, 3.8) is 0 Å². The fourth-order valence-electron chi connectivity index (χ4n) is 1.21. The Balaban J connectivity index is 2.24. The van der Waals surface area contributed by atoms with E-state index < -0.39 is 0 Å². The lowest BCUT2D eigenvalue weighted by molar-refractivity contribution is 0.438. The third-order valence-corrected chi connectivity index (χ3v) is 1.90. The summed E-state index contributed by atoms with van der Waals surface area (Å²) in [6.45, 7) is 1.79. The standard InChI is InChI=1S/C11H12N4O/c1-8-13-10(12-2)15-11(14-8)16-9-6-4-3-5-7-9/h3-7H,1-2H3,(H,12,13,14,15). The fraction of sp³-hybridized carbons (Fsp3) is 0.182. The monoisotopic (exact) mass is 216 g/mol. The molecule has 1 N–H and O–H groups in total. The van der Waals surface area contributed by atoms with E-state index in [-0.39, 0.29) is 0 Å². The number of aromatic nitrogens is 3. The minimum absolute atomic E-state index is 0.294. The van der Waals surface area contributed by atoms with Gasteiger partial charge in [0.25, 0.3) is 0 Å². The summed E-state index contributed by atoms with van der Waals surface area (Å²) >= 11 is 0. The van der Waals surface area contributed by atoms with E-state index in [0.29, 0.717) is 23.5 Å². The number of aryl methyl sites for hydroxylation is 1. The van der Waals surface area contributed by atoms with Crippen molar-refractivity contribution in [1.29, 1.82) is 0 Å². The molecule has 0 atom stereocenters. The van der Waals surface area contributed by atoms with Crippen LogP contribution in [0.5, 0.6) is 11.8 Å². The summed E-state index contributed by atoms with van der Waals surface area (Å²) in [7, 11) is 1.75. The van der Waals surface area contributed by atoms with Gasteiger partial charge >= 0.3 is 6.01 Å². The smallest absolute Gasteiger partial charge is 0.327 e. The van der Waals surface area contributed by atoms with Crippen LogP contribution in [-0.2, 0) is 0 Å². The van der Waals surface area contributed by atoms with Gasteiger partial charge in [0.05, 0.1) is 0 Å². The highest BCUT2D eigenvalue weighted by molar-refractivity contribution is 5.28. The lowest BCUT2D eigenvalue weighted by Gasteiger charge is -2.05. The molecule has 2 aromatic rings. The molecule has 0 fully saturated rings. The van der Waals surface area contributed by atoms with Crippen molar-refractivity contribution in [2.24, 2.45) is 0 Å². The predicted octanol–water partition coefficient (Wildman–Crippen LogP) is 2.01. The normalized spacial score (nSPS) is 9.88. The Kier molecular flexibility index (Phi) is 2.95. The summed E-state index contributed by atoms with van der Waals surface area (Å²) in [4.78, 5) is 12.3. The average Bonchev–Trinajstić information content (AvgIpc) is 2.29. The molecule has 82 valence electrons. The maximum absolute atomic E-state index is 5.50. The third kappa shape index (κ3) is 2.44. The molecule has 0 saturated heterocycles. The summed E-state index contributed by atoms with van der Waals surface area (Å²) < 4.78 is 5.50. The largest absolute Gasteiger partial charge is 0.424 e. The third-order valence-electron chi connectivity index (χ3n) is 1.90. The Bertz CT molecular complexity index is 473. The quantitative estimate of drug-likeness (QED) is 0.850. The SMILES string of the molecule is CNc1nc(C)nc(Oc2ccccc2)n1. The summed E-state index contributed by atoms with van der Waals surface area (Å²) in [6.07, 6.45) is 0. The Hall–Kier alpha value is -2.17. The van der Waals surface area contributed by atoms with Crippen LogP contribution in [-0.4, -0.2) is 22.0 Å². The van der Waals surface area contributed by atoms with Gasteiger partial charge in [-0.1, -0.05) is 18.2 Å². The first-order chi connectivity index (χ1) is 7.78. The first kappa shape index (κ1) is 10.4. The maximum atomic E-state index is 5.50. The molecule has 1 aromatic heterocycles. The molecule has 1 heterocycles. The number of nitrogens with zero attached hydrogens (tertiary/aromatic N) is 3. The van der Waals surface area contributed by atoms with E-state index in [0.717, 1.165) is 0 Å². The second kappa shape index (κ2) is 4.57. The molecule has 5 nitrogen and oxygen atoms in total. The van der Waals surface area contributed by atoms with Gasteiger partial charge in [0.2, 0.25) is 5.95 Å². The number of hydrogen-bond acceptors (Lipinski definition) is 5. The van der Waals surface area contributed by atoms with Crippen molar-refractivity contribution in [2.75, 3.05) is 12.4 Å². The van der Waals surface area contributed by atoms with Crippen molar-refractivity contribution in [3.05, 3.63) is 36.2 Å². The molecule has 2 rings (SSSR count). The Labute approximate surface area is 93.5 Å². The molecule has 0 radical (unpaired) electrons. The Morgan fingerprint density at radius 1 is 1.06 bits per heavy atom. The van der Waals surface area contributed by atoms with Gasteiger partial charge in [0.1, 0.15) is 11.6 Å². The van der Waals surface area contributed by atoms with Crippen molar-refractivity contribution in [1.82, 2.24) is 15.0 Å². The van der Waals surface area contributed by atoms with Gasteiger partial charge in [-0.05, 0) is 19.1 Å². The first-order valence-electron chi connectivity index (χ1n) is 4.91. The van der Waals surface area contributed by atoms with Gasteiger partial charge in [-0.15, -0.1) is 0 Å². The molecule has 0 unspecified atom stereocenters. The van der Waals surface area contributed by atoms with E-state index in [1.165, 1.54) is 0 Å². The Morgan fingerprint density at radius 2 is 1.81 bits per heavy atom. The van der Waals surface area contributed by atoms with E-state index in [1.807, 2.05) is 30.3 Å². The van der Waals surface area contributed by atoms with Crippen molar-refractivity contribution >= 4 is 5.95 Å². The van der Waals surface area contributed by atoms with E-state index in [2.05, 4.69) is 20.3 Å².